The molecule has 1 aliphatic heterocycles. The van der Waals surface area contributed by atoms with Crippen LogP contribution in [-0.2, 0) is 9.59 Å². The summed E-state index contributed by atoms with van der Waals surface area (Å²) in [6.45, 7) is 6.85. The first kappa shape index (κ1) is 21.0. The summed E-state index contributed by atoms with van der Waals surface area (Å²) in [6, 6.07) is 2.53. The summed E-state index contributed by atoms with van der Waals surface area (Å²) in [5.41, 5.74) is 0.196. The van der Waals surface area contributed by atoms with E-state index in [0.717, 1.165) is 13.1 Å². The highest BCUT2D eigenvalue weighted by Gasteiger charge is 2.27. The number of piperazine rings is 1. The monoisotopic (exact) mass is 355 g/mol. The number of nitrogens with one attached hydrogen (secondary N) is 2. The number of carbonyl (C=O) groups is 2. The van der Waals surface area contributed by atoms with Crippen molar-refractivity contribution in [3.63, 3.8) is 0 Å². The lowest BCUT2D eigenvalue weighted by atomic mass is 9.92. The zero-order valence-corrected chi connectivity index (χ0v) is 15.1. The van der Waals surface area contributed by atoms with Gasteiger partial charge in [-0.1, -0.05) is 13.8 Å². The third-order valence-electron chi connectivity index (χ3n) is 4.03. The number of benzene rings is 1. The number of rotatable bonds is 6. The minimum Gasteiger partial charge on any atom is -0.369 e. The molecule has 1 saturated heterocycles. The first-order valence-electron chi connectivity index (χ1n) is 8.68. The van der Waals surface area contributed by atoms with Gasteiger partial charge in [0.25, 0.3) is 0 Å². The van der Waals surface area contributed by atoms with Crippen LogP contribution in [0.3, 0.4) is 0 Å². The van der Waals surface area contributed by atoms with Gasteiger partial charge in [-0.2, -0.15) is 0 Å². The molecule has 7 heteroatoms. The van der Waals surface area contributed by atoms with E-state index in [1.807, 2.05) is 18.7 Å². The largest absolute Gasteiger partial charge is 0.369 e. The van der Waals surface area contributed by atoms with Crippen LogP contribution in [0, 0.1) is 11.6 Å². The normalized spacial score (nSPS) is 15.0. The molecule has 0 bridgehead atoms. The molecule has 0 radical (unpaired) electrons. The summed E-state index contributed by atoms with van der Waals surface area (Å²) < 4.78 is 29.0. The minimum atomic E-state index is -1.01. The van der Waals surface area contributed by atoms with E-state index in [0.29, 0.717) is 25.1 Å². The predicted molar refractivity (Wildman–Crippen MR) is 94.9 cm³/mol. The molecule has 1 atom stereocenters. The maximum Gasteiger partial charge on any atom is 0.227 e. The van der Waals surface area contributed by atoms with Gasteiger partial charge in [0.1, 0.15) is 17.9 Å². The molecule has 25 heavy (non-hydrogen) atoms. The quantitative estimate of drug-likeness (QED) is 0.768. The van der Waals surface area contributed by atoms with Crippen LogP contribution in [-0.4, -0.2) is 45.4 Å². The lowest BCUT2D eigenvalue weighted by molar-refractivity contribution is -0.122. The summed E-state index contributed by atoms with van der Waals surface area (Å²) in [5.74, 6) is -3.02. The number of likely N-dealkylation sites (N-methyl/N-ethyl adjacent to an activating group) is 1. The molecule has 0 saturated carbocycles. The molecule has 140 valence electrons. The van der Waals surface area contributed by atoms with Crippen molar-refractivity contribution in [1.82, 2.24) is 10.6 Å². The van der Waals surface area contributed by atoms with Crippen molar-refractivity contribution >= 4 is 17.9 Å². The van der Waals surface area contributed by atoms with Gasteiger partial charge < -0.3 is 20.3 Å². The zero-order valence-electron chi connectivity index (χ0n) is 15.1. The minimum absolute atomic E-state index is 0.0660. The van der Waals surface area contributed by atoms with E-state index in [4.69, 9.17) is 0 Å². The molecule has 1 unspecified atom stereocenters. The second-order valence-electron chi connectivity index (χ2n) is 5.47. The fourth-order valence-corrected chi connectivity index (χ4v) is 2.82. The molecule has 2 rings (SSSR count). The van der Waals surface area contributed by atoms with Crippen molar-refractivity contribution in [1.29, 1.82) is 0 Å². The molecule has 0 spiro atoms. The van der Waals surface area contributed by atoms with Crippen LogP contribution in [0.5, 0.6) is 0 Å². The SMILES string of the molecule is CC.CNC(=O)C(CCC=O)c1c(F)cc(N2CCNCC2)cc1F. The van der Waals surface area contributed by atoms with Gasteiger partial charge in [-0.3, -0.25) is 4.79 Å². The Balaban J connectivity index is 0.00000151. The highest BCUT2D eigenvalue weighted by Crippen LogP contribution is 2.30. The van der Waals surface area contributed by atoms with Gasteiger partial charge in [0.05, 0.1) is 5.92 Å². The molecule has 1 amide bonds. The van der Waals surface area contributed by atoms with Gasteiger partial charge in [0.15, 0.2) is 0 Å². The summed E-state index contributed by atoms with van der Waals surface area (Å²) in [5, 5.41) is 5.57. The van der Waals surface area contributed by atoms with Crippen molar-refractivity contribution in [3.05, 3.63) is 29.3 Å². The molecule has 1 aromatic carbocycles. The van der Waals surface area contributed by atoms with Crippen LogP contribution in [0.1, 0.15) is 38.2 Å². The van der Waals surface area contributed by atoms with Crippen LogP contribution in [0.2, 0.25) is 0 Å². The van der Waals surface area contributed by atoms with Crippen molar-refractivity contribution in [2.24, 2.45) is 0 Å². The van der Waals surface area contributed by atoms with Crippen LogP contribution in [0.15, 0.2) is 12.1 Å². The van der Waals surface area contributed by atoms with Gasteiger partial charge >= 0.3 is 0 Å². The maximum atomic E-state index is 14.5. The van der Waals surface area contributed by atoms with E-state index in [-0.39, 0.29) is 18.4 Å². The van der Waals surface area contributed by atoms with Crippen molar-refractivity contribution in [3.8, 4) is 0 Å². The lowest BCUT2D eigenvalue weighted by Crippen LogP contribution is -2.43. The first-order valence-corrected chi connectivity index (χ1v) is 8.68. The summed E-state index contributed by atoms with van der Waals surface area (Å²) in [6.07, 6.45) is 0.779. The van der Waals surface area contributed by atoms with Crippen LogP contribution < -0.4 is 15.5 Å². The third kappa shape index (κ3) is 5.49. The maximum absolute atomic E-state index is 14.5. The van der Waals surface area contributed by atoms with E-state index >= 15 is 0 Å². The number of nitrogens with zero attached hydrogens (tertiary/aromatic N) is 1. The number of anilines is 1. The van der Waals surface area contributed by atoms with Crippen LogP contribution in [0.25, 0.3) is 0 Å². The molecule has 0 aromatic heterocycles. The van der Waals surface area contributed by atoms with E-state index in [1.54, 1.807) is 0 Å². The van der Waals surface area contributed by atoms with Gasteiger partial charge in [-0.05, 0) is 18.6 Å². The molecule has 1 fully saturated rings. The van der Waals surface area contributed by atoms with Crippen molar-refractivity contribution in [2.75, 3.05) is 38.1 Å². The first-order chi connectivity index (χ1) is 12.1. The number of hydrogen-bond donors (Lipinski definition) is 2. The average Bonchev–Trinajstić information content (AvgIpc) is 2.65. The van der Waals surface area contributed by atoms with Gasteiger partial charge in [-0.25, -0.2) is 8.78 Å². The second-order valence-corrected chi connectivity index (χ2v) is 5.47. The van der Waals surface area contributed by atoms with Crippen LogP contribution >= 0.6 is 0 Å². The van der Waals surface area contributed by atoms with E-state index in [9.17, 15) is 18.4 Å². The Kier molecular flexibility index (Phi) is 9.05. The highest BCUT2D eigenvalue weighted by atomic mass is 19.1. The fourth-order valence-electron chi connectivity index (χ4n) is 2.82. The average molecular weight is 355 g/mol. The van der Waals surface area contributed by atoms with Gasteiger partial charge in [0.2, 0.25) is 5.91 Å². The smallest absolute Gasteiger partial charge is 0.227 e. The molecule has 2 N–H and O–H groups in total. The molecular weight excluding hydrogens is 328 g/mol. The standard InChI is InChI=1S/C16H21F2N3O2.C2H6/c1-19-16(23)12(3-2-8-22)15-13(17)9-11(10-14(15)18)21-6-4-20-5-7-21;1-2/h8-10,12,20H,2-7H2,1H3,(H,19,23);1-2H3. The number of carbonyl (C=O) groups excluding carboxylic acids is 2. The molecule has 1 heterocycles. The summed E-state index contributed by atoms with van der Waals surface area (Å²) in [7, 11) is 1.40. The molecule has 5 nitrogen and oxygen atoms in total. The highest BCUT2D eigenvalue weighted by molar-refractivity contribution is 5.84. The molecule has 1 aliphatic rings. The van der Waals surface area contributed by atoms with Crippen molar-refractivity contribution < 1.29 is 18.4 Å². The lowest BCUT2D eigenvalue weighted by Gasteiger charge is -2.30. The number of amides is 1. The molecule has 0 aliphatic carbocycles. The van der Waals surface area contributed by atoms with E-state index in [2.05, 4.69) is 10.6 Å². The Morgan fingerprint density at radius 3 is 2.32 bits per heavy atom. The van der Waals surface area contributed by atoms with Crippen molar-refractivity contribution in [2.45, 2.75) is 32.6 Å². The van der Waals surface area contributed by atoms with E-state index in [1.165, 1.54) is 19.2 Å². The Morgan fingerprint density at radius 2 is 1.84 bits per heavy atom. The second kappa shape index (κ2) is 10.8. The topological polar surface area (TPSA) is 61.4 Å². The Hall–Kier alpha value is -2.02. The number of hydrogen-bond acceptors (Lipinski definition) is 4. The van der Waals surface area contributed by atoms with E-state index < -0.39 is 23.5 Å². The molecular formula is C18H27F2N3O2. The number of halogens is 2. The van der Waals surface area contributed by atoms with Gasteiger partial charge in [0, 0.05) is 50.9 Å². The number of aldehydes is 1. The van der Waals surface area contributed by atoms with Crippen LogP contribution in [0.4, 0.5) is 14.5 Å². The summed E-state index contributed by atoms with van der Waals surface area (Å²) in [4.78, 5) is 24.4. The summed E-state index contributed by atoms with van der Waals surface area (Å²) >= 11 is 0. The fraction of sp³-hybridized carbons (Fsp3) is 0.556. The predicted octanol–water partition coefficient (Wildman–Crippen LogP) is 2.21. The Morgan fingerprint density at radius 1 is 1.28 bits per heavy atom. The Labute approximate surface area is 147 Å². The third-order valence-corrected chi connectivity index (χ3v) is 4.03. The Bertz CT molecular complexity index is 552. The van der Waals surface area contributed by atoms with Gasteiger partial charge in [-0.15, -0.1) is 0 Å². The molecule has 1 aromatic rings. The zero-order chi connectivity index (χ0) is 18.8.